The van der Waals surface area contributed by atoms with Gasteiger partial charge in [0.05, 0.1) is 18.0 Å². The summed E-state index contributed by atoms with van der Waals surface area (Å²) in [5.74, 6) is -0.0804. The van der Waals surface area contributed by atoms with Crippen molar-refractivity contribution in [2.75, 3.05) is 18.1 Å². The van der Waals surface area contributed by atoms with Crippen molar-refractivity contribution in [2.24, 2.45) is 0 Å². The van der Waals surface area contributed by atoms with Gasteiger partial charge in [0.2, 0.25) is 5.95 Å². The van der Waals surface area contributed by atoms with E-state index >= 15 is 0 Å². The first-order chi connectivity index (χ1) is 14.7. The molecule has 0 aliphatic carbocycles. The third-order valence-corrected chi connectivity index (χ3v) is 9.26. The fourth-order valence-corrected chi connectivity index (χ4v) is 7.43. The summed E-state index contributed by atoms with van der Waals surface area (Å²) in [5.41, 5.74) is 11.9. The number of ether oxygens (including phenoxy) is 1. The number of rotatable bonds is 7. The summed E-state index contributed by atoms with van der Waals surface area (Å²) >= 11 is 1.11. The molecule has 2 unspecified atom stereocenters. The number of anilines is 2. The van der Waals surface area contributed by atoms with Crippen LogP contribution in [0.3, 0.4) is 0 Å². The van der Waals surface area contributed by atoms with E-state index in [4.69, 9.17) is 26.0 Å². The van der Waals surface area contributed by atoms with Gasteiger partial charge in [-0.15, -0.1) is 0 Å². The molecule has 6 atom stereocenters. The van der Waals surface area contributed by atoms with Crippen LogP contribution in [0.1, 0.15) is 6.23 Å². The lowest BCUT2D eigenvalue weighted by atomic mass is 10.2. The third kappa shape index (κ3) is 4.71. The van der Waals surface area contributed by atoms with Crippen molar-refractivity contribution >= 4 is 58.2 Å². The highest BCUT2D eigenvalue weighted by Gasteiger charge is 2.52. The Morgan fingerprint density at radius 2 is 1.75 bits per heavy atom. The van der Waals surface area contributed by atoms with E-state index in [0.29, 0.717) is 5.16 Å². The van der Waals surface area contributed by atoms with Crippen molar-refractivity contribution in [2.45, 2.75) is 28.8 Å². The molecule has 18 nitrogen and oxygen atoms in total. The van der Waals surface area contributed by atoms with E-state index in [0.717, 1.165) is 11.8 Å². The molecular formula is C10H15N6O12P3S. The van der Waals surface area contributed by atoms with Crippen LogP contribution in [-0.4, -0.2) is 68.3 Å². The second-order valence-corrected chi connectivity index (χ2v) is 12.0. The average Bonchev–Trinajstić information content (AvgIpc) is 3.20. The second-order valence-electron chi connectivity index (χ2n) is 6.43. The average molecular weight is 536 g/mol. The monoisotopic (exact) mass is 536 g/mol. The van der Waals surface area contributed by atoms with Gasteiger partial charge in [0.1, 0.15) is 6.10 Å². The molecule has 32 heavy (non-hydrogen) atoms. The van der Waals surface area contributed by atoms with E-state index < -0.39 is 53.8 Å². The molecule has 1 fully saturated rings. The van der Waals surface area contributed by atoms with Crippen molar-refractivity contribution in [1.82, 2.24) is 19.5 Å². The van der Waals surface area contributed by atoms with E-state index in [1.165, 1.54) is 4.57 Å². The highest BCUT2D eigenvalue weighted by Crippen LogP contribution is 2.66. The van der Waals surface area contributed by atoms with Crippen LogP contribution < -0.4 is 11.5 Å². The van der Waals surface area contributed by atoms with E-state index in [9.17, 15) is 28.6 Å². The predicted molar refractivity (Wildman–Crippen MR) is 104 cm³/mol. The first-order valence-electron chi connectivity index (χ1n) is 8.25. The molecule has 9 N–H and O–H groups in total. The van der Waals surface area contributed by atoms with Gasteiger partial charge in [-0.25, -0.2) is 18.7 Å². The van der Waals surface area contributed by atoms with E-state index in [1.807, 2.05) is 0 Å². The number of nitrogen functional groups attached to an aromatic ring is 2. The number of phosphoric ester groups is 1. The van der Waals surface area contributed by atoms with E-state index in [-0.39, 0.29) is 22.9 Å². The highest BCUT2D eigenvalue weighted by molar-refractivity contribution is 8.00. The number of aromatic nitrogens is 4. The second kappa shape index (κ2) is 7.95. The predicted octanol–water partition coefficient (Wildman–Crippen LogP) is -0.933. The molecule has 0 saturated carbocycles. The van der Waals surface area contributed by atoms with Crippen LogP contribution in [0.5, 0.6) is 0 Å². The summed E-state index contributed by atoms with van der Waals surface area (Å²) in [6.07, 6.45) is -3.33. The molecule has 4 heterocycles. The zero-order valence-corrected chi connectivity index (χ0v) is 18.8. The van der Waals surface area contributed by atoms with Crippen LogP contribution in [0.15, 0.2) is 5.16 Å². The van der Waals surface area contributed by atoms with Crippen LogP contribution in [0.4, 0.5) is 11.8 Å². The standard InChI is InChI=1S/C10H15N6O12P3S/c11-6-3-7(15-9(12)14-6)16-8-5(32-10(16)13-3)4(17)2(26-8)1-25-30(21,22)28-31(23,24)27-29(18,19)20/h2,4-5,8,17H,1H2,(H,21,22)(H,23,24)(H2,18,19,20)(H4,11,12,14,15)/t2-,4+,5+,8-/m1/s1. The van der Waals surface area contributed by atoms with Gasteiger partial charge in [0, 0.05) is 0 Å². The zero-order chi connectivity index (χ0) is 23.6. The SMILES string of the molecule is Nc1nc(N)c2nc3n(c2n1)[C@@H]1O[C@H](COP(=O)(O)OP(=O)(O)OP(=O)(O)O)[C@H](O)[C@@H]1S3. The van der Waals surface area contributed by atoms with Crippen LogP contribution in [-0.2, 0) is 31.6 Å². The van der Waals surface area contributed by atoms with Crippen LogP contribution in [0.2, 0.25) is 0 Å². The first-order valence-corrected chi connectivity index (χ1v) is 13.7. The van der Waals surface area contributed by atoms with Crippen molar-refractivity contribution in [3.8, 4) is 0 Å². The number of fused-ring (bicyclic) bond motifs is 5. The van der Waals surface area contributed by atoms with Crippen molar-refractivity contribution in [1.29, 1.82) is 0 Å². The lowest BCUT2D eigenvalue weighted by Crippen LogP contribution is -2.31. The Balaban J connectivity index is 1.47. The maximum absolute atomic E-state index is 11.9. The summed E-state index contributed by atoms with van der Waals surface area (Å²) in [6, 6.07) is 0. The summed E-state index contributed by atoms with van der Waals surface area (Å²) < 4.78 is 52.9. The highest BCUT2D eigenvalue weighted by atomic mass is 32.2. The van der Waals surface area contributed by atoms with Gasteiger partial charge in [0.25, 0.3) is 0 Å². The third-order valence-electron chi connectivity index (χ3n) is 4.18. The number of nitrogens with zero attached hydrogens (tertiary/aromatic N) is 4. The van der Waals surface area contributed by atoms with Crippen LogP contribution in [0, 0.1) is 0 Å². The summed E-state index contributed by atoms with van der Waals surface area (Å²) in [6.45, 7) is -0.806. The number of aliphatic hydroxyl groups is 1. The van der Waals surface area contributed by atoms with Crippen molar-refractivity contribution < 1.29 is 56.3 Å². The Morgan fingerprint density at radius 3 is 2.41 bits per heavy atom. The molecular weight excluding hydrogens is 521 g/mol. The summed E-state index contributed by atoms with van der Waals surface area (Å²) in [7, 11) is -16.5. The lowest BCUT2D eigenvalue weighted by Gasteiger charge is -2.19. The fourth-order valence-electron chi connectivity index (χ4n) is 3.09. The molecule has 0 bridgehead atoms. The molecule has 4 rings (SSSR count). The minimum Gasteiger partial charge on any atom is -0.389 e. The normalized spacial score (nSPS) is 28.9. The van der Waals surface area contributed by atoms with Gasteiger partial charge in [-0.1, -0.05) is 11.8 Å². The number of hydrogen-bond donors (Lipinski definition) is 7. The number of imidazole rings is 1. The Kier molecular flexibility index (Phi) is 5.96. The molecule has 22 heteroatoms. The molecule has 178 valence electrons. The summed E-state index contributed by atoms with van der Waals surface area (Å²) in [4.78, 5) is 48.0. The van der Waals surface area contributed by atoms with Gasteiger partial charge < -0.3 is 40.9 Å². The molecule has 1 saturated heterocycles. The fraction of sp³-hybridized carbons (Fsp3) is 0.500. The minimum atomic E-state index is -5.66. The van der Waals surface area contributed by atoms with Gasteiger partial charge >= 0.3 is 23.5 Å². The topological polar surface area (TPSA) is 285 Å². The Bertz CT molecular complexity index is 1220. The van der Waals surface area contributed by atoms with Crippen LogP contribution in [0.25, 0.3) is 11.2 Å². The first kappa shape index (κ1) is 24.0. The van der Waals surface area contributed by atoms with Crippen molar-refractivity contribution in [3.63, 3.8) is 0 Å². The molecule has 0 amide bonds. The number of thioether (sulfide) groups is 1. The Labute approximate surface area is 181 Å². The molecule has 0 aromatic carbocycles. The molecule has 2 aliphatic heterocycles. The molecule has 0 radical (unpaired) electrons. The maximum Gasteiger partial charge on any atom is 0.490 e. The maximum atomic E-state index is 11.9. The van der Waals surface area contributed by atoms with Gasteiger partial charge in [-0.05, 0) is 0 Å². The molecule has 2 aromatic rings. The molecule has 2 aliphatic rings. The molecule has 0 spiro atoms. The number of hydrogen-bond acceptors (Lipinski definition) is 14. The zero-order valence-electron chi connectivity index (χ0n) is 15.3. The number of aliphatic hydroxyl groups excluding tert-OH is 1. The minimum absolute atomic E-state index is 0.0364. The Hall–Kier alpha value is -1.17. The quantitative estimate of drug-likeness (QED) is 0.210. The Morgan fingerprint density at radius 1 is 1.06 bits per heavy atom. The van der Waals surface area contributed by atoms with Gasteiger partial charge in [-0.3, -0.25) is 9.09 Å². The largest absolute Gasteiger partial charge is 0.490 e. The molecule has 2 aromatic heterocycles. The number of nitrogens with two attached hydrogens (primary N) is 2. The summed E-state index contributed by atoms with van der Waals surface area (Å²) in [5, 5.41) is 10.3. The lowest BCUT2D eigenvalue weighted by molar-refractivity contribution is -0.0439. The van der Waals surface area contributed by atoms with Crippen molar-refractivity contribution in [3.05, 3.63) is 0 Å². The smallest absolute Gasteiger partial charge is 0.389 e. The van der Waals surface area contributed by atoms with Gasteiger partial charge in [0.15, 0.2) is 28.4 Å². The van der Waals surface area contributed by atoms with E-state index in [1.54, 1.807) is 0 Å². The van der Waals surface area contributed by atoms with Gasteiger partial charge in [-0.2, -0.15) is 18.6 Å². The van der Waals surface area contributed by atoms with E-state index in [2.05, 4.69) is 28.1 Å². The van der Waals surface area contributed by atoms with Crippen LogP contribution >= 0.6 is 35.2 Å². The number of phosphoric acid groups is 3.